The van der Waals surface area contributed by atoms with E-state index in [4.69, 9.17) is 16.3 Å². The summed E-state index contributed by atoms with van der Waals surface area (Å²) in [5.41, 5.74) is 2.55. The van der Waals surface area contributed by atoms with Gasteiger partial charge >= 0.3 is 0 Å². The molecule has 2 nitrogen and oxygen atoms in total. The lowest BCUT2D eigenvalue weighted by Crippen LogP contribution is -2.01. The fourth-order valence-corrected chi connectivity index (χ4v) is 2.86. The Morgan fingerprint density at radius 2 is 1.95 bits per heavy atom. The van der Waals surface area contributed by atoms with Gasteiger partial charge in [0.05, 0.1) is 12.1 Å². The van der Waals surface area contributed by atoms with E-state index >= 15 is 0 Å². The first-order valence-corrected chi connectivity index (χ1v) is 6.97. The van der Waals surface area contributed by atoms with E-state index in [1.165, 1.54) is 0 Å². The fraction of sp³-hybridized carbons (Fsp3) is 0.200. The number of benzene rings is 2. The highest BCUT2D eigenvalue weighted by Gasteiger charge is 2.15. The zero-order chi connectivity index (χ0) is 14.0. The van der Waals surface area contributed by atoms with Crippen LogP contribution in [-0.2, 0) is 0 Å². The first-order chi connectivity index (χ1) is 9.01. The summed E-state index contributed by atoms with van der Waals surface area (Å²) in [6, 6.07) is 11.1. The number of methoxy groups -OCH3 is 1. The van der Waals surface area contributed by atoms with Crippen LogP contribution in [0.1, 0.15) is 22.8 Å². The number of rotatable bonds is 3. The lowest BCUT2D eigenvalue weighted by molar-refractivity contribution is 0.220. The summed E-state index contributed by atoms with van der Waals surface area (Å²) in [5, 5.41) is 10.9. The third-order valence-electron chi connectivity index (χ3n) is 2.88. The van der Waals surface area contributed by atoms with Crippen molar-refractivity contribution < 1.29 is 9.84 Å². The van der Waals surface area contributed by atoms with Crippen LogP contribution in [-0.4, -0.2) is 12.2 Å². The molecule has 2 aromatic carbocycles. The van der Waals surface area contributed by atoms with Crippen molar-refractivity contribution in [1.29, 1.82) is 0 Å². The van der Waals surface area contributed by atoms with Gasteiger partial charge in [-0.3, -0.25) is 0 Å². The van der Waals surface area contributed by atoms with Crippen molar-refractivity contribution >= 4 is 27.5 Å². The van der Waals surface area contributed by atoms with E-state index < -0.39 is 6.10 Å². The van der Waals surface area contributed by atoms with Crippen LogP contribution in [0.2, 0.25) is 5.02 Å². The summed E-state index contributed by atoms with van der Waals surface area (Å²) < 4.78 is 6.04. The zero-order valence-electron chi connectivity index (χ0n) is 10.7. The smallest absolute Gasteiger partial charge is 0.120 e. The van der Waals surface area contributed by atoms with E-state index in [2.05, 4.69) is 15.9 Å². The van der Waals surface area contributed by atoms with Gasteiger partial charge in [-0.2, -0.15) is 0 Å². The van der Waals surface area contributed by atoms with Crippen molar-refractivity contribution in [2.45, 2.75) is 13.0 Å². The number of hydrogen-bond donors (Lipinski definition) is 1. The highest BCUT2D eigenvalue weighted by atomic mass is 79.9. The molecule has 0 aliphatic carbocycles. The van der Waals surface area contributed by atoms with Gasteiger partial charge in [-0.1, -0.05) is 39.7 Å². The Morgan fingerprint density at radius 3 is 2.53 bits per heavy atom. The highest BCUT2D eigenvalue weighted by Crippen LogP contribution is 2.32. The average molecular weight is 342 g/mol. The molecule has 4 heteroatoms. The lowest BCUT2D eigenvalue weighted by Gasteiger charge is -2.15. The van der Waals surface area contributed by atoms with Crippen LogP contribution in [0.4, 0.5) is 0 Å². The van der Waals surface area contributed by atoms with E-state index in [0.717, 1.165) is 15.6 Å². The van der Waals surface area contributed by atoms with Crippen molar-refractivity contribution in [1.82, 2.24) is 0 Å². The molecule has 2 rings (SSSR count). The van der Waals surface area contributed by atoms with Crippen LogP contribution >= 0.6 is 27.5 Å². The molecule has 0 aliphatic heterocycles. The number of hydrogen-bond acceptors (Lipinski definition) is 2. The minimum absolute atomic E-state index is 0.490. The fourth-order valence-electron chi connectivity index (χ4n) is 1.96. The van der Waals surface area contributed by atoms with Gasteiger partial charge in [0.25, 0.3) is 0 Å². The molecular formula is C15H14BrClO2. The van der Waals surface area contributed by atoms with Gasteiger partial charge in [-0.05, 0) is 42.3 Å². The molecule has 0 bridgehead atoms. The van der Waals surface area contributed by atoms with Crippen molar-refractivity contribution in [3.63, 3.8) is 0 Å². The predicted molar refractivity (Wildman–Crippen MR) is 80.9 cm³/mol. The third kappa shape index (κ3) is 3.30. The van der Waals surface area contributed by atoms with E-state index in [1.807, 2.05) is 25.1 Å². The Labute approximate surface area is 126 Å². The molecule has 100 valence electrons. The number of aryl methyl sites for hydroxylation is 1. The molecule has 1 atom stereocenters. The number of aliphatic hydroxyl groups is 1. The van der Waals surface area contributed by atoms with E-state index in [0.29, 0.717) is 16.3 Å². The van der Waals surface area contributed by atoms with Gasteiger partial charge in [0.2, 0.25) is 0 Å². The standard InChI is InChI=1S/C15H14BrClO2/c1-9-5-10(7-11(16)6-9)15(18)13-4-3-12(19-2)8-14(13)17/h3-8,15,18H,1-2H3. The first-order valence-electron chi connectivity index (χ1n) is 5.80. The maximum atomic E-state index is 10.4. The Balaban J connectivity index is 2.40. The molecule has 0 saturated carbocycles. The van der Waals surface area contributed by atoms with Gasteiger partial charge in [0.15, 0.2) is 0 Å². The highest BCUT2D eigenvalue weighted by molar-refractivity contribution is 9.10. The topological polar surface area (TPSA) is 29.5 Å². The van der Waals surface area contributed by atoms with Crippen molar-refractivity contribution in [2.75, 3.05) is 7.11 Å². The van der Waals surface area contributed by atoms with Crippen LogP contribution in [0.5, 0.6) is 5.75 Å². The molecule has 0 aliphatic rings. The first kappa shape index (κ1) is 14.4. The van der Waals surface area contributed by atoms with Crippen molar-refractivity contribution in [3.05, 3.63) is 62.6 Å². The summed E-state index contributed by atoms with van der Waals surface area (Å²) in [5.74, 6) is 0.673. The molecule has 0 radical (unpaired) electrons. The van der Waals surface area contributed by atoms with E-state index in [-0.39, 0.29) is 0 Å². The lowest BCUT2D eigenvalue weighted by atomic mass is 10.00. The van der Waals surface area contributed by atoms with Crippen LogP contribution in [0.15, 0.2) is 40.9 Å². The monoisotopic (exact) mass is 340 g/mol. The molecule has 0 saturated heterocycles. The van der Waals surface area contributed by atoms with E-state index in [1.54, 1.807) is 25.3 Å². The molecule has 1 N–H and O–H groups in total. The molecule has 19 heavy (non-hydrogen) atoms. The van der Waals surface area contributed by atoms with Crippen LogP contribution < -0.4 is 4.74 Å². The Bertz CT molecular complexity index is 578. The van der Waals surface area contributed by atoms with Crippen molar-refractivity contribution in [2.24, 2.45) is 0 Å². The summed E-state index contributed by atoms with van der Waals surface area (Å²) in [4.78, 5) is 0. The second-order valence-corrected chi connectivity index (χ2v) is 5.67. The number of ether oxygens (including phenoxy) is 1. The van der Waals surface area contributed by atoms with Crippen LogP contribution in [0, 0.1) is 6.92 Å². The van der Waals surface area contributed by atoms with Gasteiger partial charge in [-0.25, -0.2) is 0 Å². The Morgan fingerprint density at radius 1 is 1.21 bits per heavy atom. The van der Waals surface area contributed by atoms with Crippen molar-refractivity contribution in [3.8, 4) is 5.75 Å². The maximum absolute atomic E-state index is 10.4. The normalized spacial score (nSPS) is 12.3. The summed E-state index contributed by atoms with van der Waals surface area (Å²) >= 11 is 9.61. The van der Waals surface area contributed by atoms with Gasteiger partial charge in [0.1, 0.15) is 11.9 Å². The average Bonchev–Trinajstić information content (AvgIpc) is 2.36. The molecule has 0 amide bonds. The largest absolute Gasteiger partial charge is 0.497 e. The minimum Gasteiger partial charge on any atom is -0.497 e. The second-order valence-electron chi connectivity index (χ2n) is 4.35. The van der Waals surface area contributed by atoms with Gasteiger partial charge < -0.3 is 9.84 Å². The van der Waals surface area contributed by atoms with Gasteiger partial charge in [0, 0.05) is 10.0 Å². The molecule has 0 aromatic heterocycles. The molecule has 2 aromatic rings. The number of aliphatic hydroxyl groups excluding tert-OH is 1. The summed E-state index contributed by atoms with van der Waals surface area (Å²) in [6.07, 6.45) is -0.755. The van der Waals surface area contributed by atoms with Gasteiger partial charge in [-0.15, -0.1) is 0 Å². The van der Waals surface area contributed by atoms with Crippen LogP contribution in [0.25, 0.3) is 0 Å². The molecule has 0 spiro atoms. The maximum Gasteiger partial charge on any atom is 0.120 e. The SMILES string of the molecule is COc1ccc(C(O)c2cc(C)cc(Br)c2)c(Cl)c1. The number of halogens is 2. The molecule has 1 unspecified atom stereocenters. The predicted octanol–water partition coefficient (Wildman–Crippen LogP) is 4.50. The minimum atomic E-state index is -0.755. The second kappa shape index (κ2) is 5.95. The Hall–Kier alpha value is -1.03. The molecular weight excluding hydrogens is 328 g/mol. The quantitative estimate of drug-likeness (QED) is 0.890. The van der Waals surface area contributed by atoms with E-state index in [9.17, 15) is 5.11 Å². The molecule has 0 fully saturated rings. The van der Waals surface area contributed by atoms with Crippen LogP contribution in [0.3, 0.4) is 0 Å². The Kier molecular flexibility index (Phi) is 4.50. The summed E-state index contributed by atoms with van der Waals surface area (Å²) in [7, 11) is 1.58. The summed E-state index contributed by atoms with van der Waals surface area (Å²) in [6.45, 7) is 1.98. The third-order valence-corrected chi connectivity index (χ3v) is 3.67. The molecule has 0 heterocycles. The zero-order valence-corrected chi connectivity index (χ0v) is 13.0.